The Kier molecular flexibility index (Phi) is 6.27. The molecular formula is C16H23ClFNO. The monoisotopic (exact) mass is 299 g/mol. The van der Waals surface area contributed by atoms with Crippen molar-refractivity contribution in [3.8, 4) is 0 Å². The third-order valence-corrected chi connectivity index (χ3v) is 4.18. The average Bonchev–Trinajstić information content (AvgIpc) is 2.47. The molecule has 2 atom stereocenters. The van der Waals surface area contributed by atoms with E-state index in [2.05, 4.69) is 12.2 Å². The van der Waals surface area contributed by atoms with E-state index < -0.39 is 0 Å². The summed E-state index contributed by atoms with van der Waals surface area (Å²) in [5.41, 5.74) is 0.851. The number of nitrogens with one attached hydrogen (secondary N) is 1. The van der Waals surface area contributed by atoms with Crippen molar-refractivity contribution in [2.75, 3.05) is 13.2 Å². The molecule has 2 unspecified atom stereocenters. The minimum absolute atomic E-state index is 0.0914. The second-order valence-electron chi connectivity index (χ2n) is 5.34. The number of rotatable bonds is 6. The molecule has 0 aliphatic carbocycles. The highest BCUT2D eigenvalue weighted by atomic mass is 35.5. The average molecular weight is 300 g/mol. The zero-order valence-corrected chi connectivity index (χ0v) is 12.8. The van der Waals surface area contributed by atoms with Gasteiger partial charge in [-0.15, -0.1) is 0 Å². The first-order valence-corrected chi connectivity index (χ1v) is 7.88. The van der Waals surface area contributed by atoms with Gasteiger partial charge in [-0.1, -0.05) is 18.5 Å². The van der Waals surface area contributed by atoms with Crippen molar-refractivity contribution in [1.29, 1.82) is 0 Å². The van der Waals surface area contributed by atoms with E-state index in [4.69, 9.17) is 16.3 Å². The summed E-state index contributed by atoms with van der Waals surface area (Å²) in [6.07, 6.45) is 5.81. The zero-order valence-electron chi connectivity index (χ0n) is 12.0. The molecule has 0 radical (unpaired) electrons. The minimum atomic E-state index is -0.235. The van der Waals surface area contributed by atoms with Crippen LogP contribution in [-0.2, 0) is 4.74 Å². The molecule has 4 heteroatoms. The Hall–Kier alpha value is -0.640. The molecule has 1 heterocycles. The molecule has 0 aromatic heterocycles. The quantitative estimate of drug-likeness (QED) is 0.836. The molecule has 1 aromatic carbocycles. The fourth-order valence-corrected chi connectivity index (χ4v) is 3.03. The van der Waals surface area contributed by atoms with Crippen LogP contribution >= 0.6 is 11.6 Å². The van der Waals surface area contributed by atoms with Gasteiger partial charge in [0.15, 0.2) is 0 Å². The lowest BCUT2D eigenvalue weighted by Gasteiger charge is -2.26. The maximum Gasteiger partial charge on any atom is 0.123 e. The summed E-state index contributed by atoms with van der Waals surface area (Å²) in [6.45, 7) is 3.76. The summed E-state index contributed by atoms with van der Waals surface area (Å²) in [6, 6.07) is 4.66. The van der Waals surface area contributed by atoms with Crippen LogP contribution < -0.4 is 5.32 Å². The van der Waals surface area contributed by atoms with E-state index >= 15 is 0 Å². The zero-order chi connectivity index (χ0) is 14.4. The molecule has 1 saturated heterocycles. The second kappa shape index (κ2) is 7.96. The molecule has 1 aliphatic rings. The standard InChI is InChI=1S/C16H23ClFNO/c1-2-19-16(9-7-13-5-3-4-10-20-13)14-11-12(18)6-8-15(14)17/h6,8,11,13,16,19H,2-5,7,9-10H2,1H3. The summed E-state index contributed by atoms with van der Waals surface area (Å²) in [7, 11) is 0. The molecule has 112 valence electrons. The van der Waals surface area contributed by atoms with Crippen molar-refractivity contribution in [2.24, 2.45) is 0 Å². The molecular weight excluding hydrogens is 277 g/mol. The first kappa shape index (κ1) is 15.7. The van der Waals surface area contributed by atoms with Crippen molar-refractivity contribution in [1.82, 2.24) is 5.32 Å². The van der Waals surface area contributed by atoms with E-state index in [0.29, 0.717) is 11.1 Å². The molecule has 20 heavy (non-hydrogen) atoms. The van der Waals surface area contributed by atoms with Crippen molar-refractivity contribution in [3.63, 3.8) is 0 Å². The van der Waals surface area contributed by atoms with Gasteiger partial charge in [-0.3, -0.25) is 0 Å². The van der Waals surface area contributed by atoms with Gasteiger partial charge in [-0.05, 0) is 62.4 Å². The van der Waals surface area contributed by atoms with Gasteiger partial charge in [-0.2, -0.15) is 0 Å². The third-order valence-electron chi connectivity index (χ3n) is 3.84. The normalized spacial score (nSPS) is 20.9. The topological polar surface area (TPSA) is 21.3 Å². The Morgan fingerprint density at radius 3 is 3.00 bits per heavy atom. The summed E-state index contributed by atoms with van der Waals surface area (Å²) >= 11 is 6.21. The van der Waals surface area contributed by atoms with Crippen LogP contribution in [0.2, 0.25) is 5.02 Å². The van der Waals surface area contributed by atoms with Crippen LogP contribution in [0.4, 0.5) is 4.39 Å². The number of hydrogen-bond donors (Lipinski definition) is 1. The molecule has 0 saturated carbocycles. The number of hydrogen-bond acceptors (Lipinski definition) is 2. The number of benzene rings is 1. The molecule has 2 nitrogen and oxygen atoms in total. The molecule has 1 N–H and O–H groups in total. The van der Waals surface area contributed by atoms with Gasteiger partial charge in [0.2, 0.25) is 0 Å². The summed E-state index contributed by atoms with van der Waals surface area (Å²) < 4.78 is 19.2. The second-order valence-corrected chi connectivity index (χ2v) is 5.75. The Labute approximate surface area is 125 Å². The minimum Gasteiger partial charge on any atom is -0.378 e. The van der Waals surface area contributed by atoms with Crippen molar-refractivity contribution >= 4 is 11.6 Å². The van der Waals surface area contributed by atoms with Crippen molar-refractivity contribution in [2.45, 2.75) is 51.2 Å². The Morgan fingerprint density at radius 1 is 1.45 bits per heavy atom. The maximum atomic E-state index is 13.4. The lowest BCUT2D eigenvalue weighted by atomic mass is 9.97. The Morgan fingerprint density at radius 2 is 2.30 bits per heavy atom. The van der Waals surface area contributed by atoms with Gasteiger partial charge in [0.05, 0.1) is 6.10 Å². The Balaban J connectivity index is 2.00. The van der Waals surface area contributed by atoms with Gasteiger partial charge in [0.1, 0.15) is 5.82 Å². The van der Waals surface area contributed by atoms with Crippen molar-refractivity contribution in [3.05, 3.63) is 34.6 Å². The predicted molar refractivity (Wildman–Crippen MR) is 80.7 cm³/mol. The number of ether oxygens (including phenoxy) is 1. The third kappa shape index (κ3) is 4.44. The van der Waals surface area contributed by atoms with Crippen LogP contribution in [0.25, 0.3) is 0 Å². The van der Waals surface area contributed by atoms with Gasteiger partial charge >= 0.3 is 0 Å². The molecule has 1 aliphatic heterocycles. The van der Waals surface area contributed by atoms with E-state index in [1.807, 2.05) is 0 Å². The SMILES string of the molecule is CCNC(CCC1CCCCO1)c1cc(F)ccc1Cl. The van der Waals surface area contributed by atoms with Crippen LogP contribution in [0.3, 0.4) is 0 Å². The van der Waals surface area contributed by atoms with Gasteiger partial charge in [-0.25, -0.2) is 4.39 Å². The van der Waals surface area contributed by atoms with Crippen LogP contribution in [-0.4, -0.2) is 19.3 Å². The fourth-order valence-electron chi connectivity index (χ4n) is 2.78. The lowest BCUT2D eigenvalue weighted by Crippen LogP contribution is -2.25. The molecule has 1 fully saturated rings. The highest BCUT2D eigenvalue weighted by molar-refractivity contribution is 6.31. The summed E-state index contributed by atoms with van der Waals surface area (Å²) in [4.78, 5) is 0. The van der Waals surface area contributed by atoms with E-state index in [-0.39, 0.29) is 11.9 Å². The van der Waals surface area contributed by atoms with Gasteiger partial charge < -0.3 is 10.1 Å². The predicted octanol–water partition coefficient (Wildman–Crippen LogP) is 4.48. The van der Waals surface area contributed by atoms with Crippen LogP contribution in [0.1, 0.15) is 50.6 Å². The largest absolute Gasteiger partial charge is 0.378 e. The lowest BCUT2D eigenvalue weighted by molar-refractivity contribution is 0.00856. The van der Waals surface area contributed by atoms with Crippen LogP contribution in [0.5, 0.6) is 0 Å². The van der Waals surface area contributed by atoms with Gasteiger partial charge in [0, 0.05) is 17.7 Å². The smallest absolute Gasteiger partial charge is 0.123 e. The van der Waals surface area contributed by atoms with E-state index in [9.17, 15) is 4.39 Å². The van der Waals surface area contributed by atoms with Crippen molar-refractivity contribution < 1.29 is 9.13 Å². The highest BCUT2D eigenvalue weighted by Gasteiger charge is 2.19. The molecule has 2 rings (SSSR count). The summed E-state index contributed by atoms with van der Waals surface area (Å²) in [5, 5.41) is 4.03. The van der Waals surface area contributed by atoms with Crippen LogP contribution in [0, 0.1) is 5.82 Å². The van der Waals surface area contributed by atoms with E-state index in [0.717, 1.165) is 38.0 Å². The number of halogens is 2. The van der Waals surface area contributed by atoms with E-state index in [1.165, 1.54) is 25.0 Å². The molecule has 0 amide bonds. The first-order valence-electron chi connectivity index (χ1n) is 7.50. The Bertz CT molecular complexity index is 421. The van der Waals surface area contributed by atoms with Gasteiger partial charge in [0.25, 0.3) is 0 Å². The first-order chi connectivity index (χ1) is 9.70. The fraction of sp³-hybridized carbons (Fsp3) is 0.625. The highest BCUT2D eigenvalue weighted by Crippen LogP contribution is 2.29. The van der Waals surface area contributed by atoms with E-state index in [1.54, 1.807) is 6.07 Å². The maximum absolute atomic E-state index is 13.4. The van der Waals surface area contributed by atoms with Crippen LogP contribution in [0.15, 0.2) is 18.2 Å². The molecule has 0 bridgehead atoms. The summed E-state index contributed by atoms with van der Waals surface area (Å²) in [5.74, 6) is -0.235. The molecule has 0 spiro atoms. The molecule has 1 aromatic rings.